The van der Waals surface area contributed by atoms with Crippen LogP contribution in [0.5, 0.6) is 0 Å². The topological polar surface area (TPSA) is 40.6 Å². The number of amides is 2. The van der Waals surface area contributed by atoms with Crippen LogP contribution in [0.4, 0.5) is 5.69 Å². The van der Waals surface area contributed by atoms with Crippen molar-refractivity contribution in [3.05, 3.63) is 29.3 Å². The molecule has 0 radical (unpaired) electrons. The molecule has 0 aliphatic carbocycles. The van der Waals surface area contributed by atoms with E-state index in [1.165, 1.54) is 0 Å². The fourth-order valence-electron chi connectivity index (χ4n) is 3.19. The molecule has 1 saturated heterocycles. The van der Waals surface area contributed by atoms with Gasteiger partial charge in [-0.15, -0.1) is 11.8 Å². The SMILES string of the molecule is CCC[C@H]1SCCN1C(=O)c1ccc2c(c1)CCC(=O)N2C. The van der Waals surface area contributed by atoms with Crippen LogP contribution < -0.4 is 4.90 Å². The molecule has 2 aliphatic heterocycles. The summed E-state index contributed by atoms with van der Waals surface area (Å²) >= 11 is 1.88. The minimum absolute atomic E-state index is 0.130. The van der Waals surface area contributed by atoms with Gasteiger partial charge >= 0.3 is 0 Å². The average Bonchev–Trinajstić information content (AvgIpc) is 2.98. The molecule has 1 aromatic rings. The van der Waals surface area contributed by atoms with Gasteiger partial charge in [0.1, 0.15) is 0 Å². The van der Waals surface area contributed by atoms with E-state index in [0.717, 1.165) is 48.4 Å². The molecular weight excluding hydrogens is 296 g/mol. The maximum atomic E-state index is 12.8. The minimum Gasteiger partial charge on any atom is -0.326 e. The molecule has 0 spiro atoms. The van der Waals surface area contributed by atoms with Crippen molar-refractivity contribution in [3.8, 4) is 0 Å². The molecule has 2 aliphatic rings. The lowest BCUT2D eigenvalue weighted by Gasteiger charge is -2.27. The van der Waals surface area contributed by atoms with Gasteiger partial charge in [-0.2, -0.15) is 0 Å². The number of carbonyl (C=O) groups is 2. The Morgan fingerprint density at radius 3 is 2.95 bits per heavy atom. The molecule has 5 heteroatoms. The molecule has 118 valence electrons. The molecule has 4 nitrogen and oxygen atoms in total. The predicted molar refractivity (Wildman–Crippen MR) is 90.4 cm³/mol. The zero-order valence-electron chi connectivity index (χ0n) is 13.2. The Labute approximate surface area is 135 Å². The second kappa shape index (κ2) is 6.32. The van der Waals surface area contributed by atoms with Crippen LogP contribution in [0.3, 0.4) is 0 Å². The zero-order valence-corrected chi connectivity index (χ0v) is 14.0. The first-order chi connectivity index (χ1) is 10.6. The maximum absolute atomic E-state index is 12.8. The predicted octanol–water partition coefficient (Wildman–Crippen LogP) is 2.91. The first-order valence-corrected chi connectivity index (χ1v) is 8.98. The number of rotatable bonds is 3. The van der Waals surface area contributed by atoms with Gasteiger partial charge < -0.3 is 9.80 Å². The van der Waals surface area contributed by atoms with Crippen molar-refractivity contribution in [3.63, 3.8) is 0 Å². The van der Waals surface area contributed by atoms with E-state index in [4.69, 9.17) is 0 Å². The fourth-order valence-corrected chi connectivity index (χ4v) is 4.55. The molecule has 1 fully saturated rings. The van der Waals surface area contributed by atoms with Gasteiger partial charge in [-0.1, -0.05) is 13.3 Å². The number of thioether (sulfide) groups is 1. The Morgan fingerprint density at radius 1 is 1.36 bits per heavy atom. The van der Waals surface area contributed by atoms with E-state index in [1.807, 2.05) is 34.9 Å². The van der Waals surface area contributed by atoms with E-state index in [1.54, 1.807) is 11.9 Å². The molecule has 2 amide bonds. The second-order valence-electron chi connectivity index (χ2n) is 5.91. The van der Waals surface area contributed by atoms with Crippen LogP contribution in [0, 0.1) is 0 Å². The number of nitrogens with zero attached hydrogens (tertiary/aromatic N) is 2. The highest BCUT2D eigenvalue weighted by atomic mass is 32.2. The van der Waals surface area contributed by atoms with Gasteiger partial charge in [0, 0.05) is 37.0 Å². The third-order valence-corrected chi connectivity index (χ3v) is 5.75. The number of hydrogen-bond acceptors (Lipinski definition) is 3. The number of benzene rings is 1. The Hall–Kier alpha value is -1.49. The molecule has 0 N–H and O–H groups in total. The minimum atomic E-state index is 0.130. The van der Waals surface area contributed by atoms with Gasteiger partial charge in [0.15, 0.2) is 0 Å². The van der Waals surface area contributed by atoms with E-state index in [2.05, 4.69) is 6.92 Å². The quantitative estimate of drug-likeness (QED) is 0.860. The van der Waals surface area contributed by atoms with Crippen molar-refractivity contribution >= 4 is 29.3 Å². The Bertz CT molecular complexity index is 602. The van der Waals surface area contributed by atoms with Crippen LogP contribution in [0.25, 0.3) is 0 Å². The van der Waals surface area contributed by atoms with E-state index >= 15 is 0 Å². The van der Waals surface area contributed by atoms with Crippen molar-refractivity contribution in [2.75, 3.05) is 24.2 Å². The van der Waals surface area contributed by atoms with Gasteiger partial charge in [0.2, 0.25) is 5.91 Å². The van der Waals surface area contributed by atoms with Gasteiger partial charge in [0.05, 0.1) is 5.37 Å². The first kappa shape index (κ1) is 15.4. The lowest BCUT2D eigenvalue weighted by atomic mass is 9.98. The lowest BCUT2D eigenvalue weighted by molar-refractivity contribution is -0.118. The first-order valence-electron chi connectivity index (χ1n) is 7.94. The normalized spacial score (nSPS) is 21.2. The van der Waals surface area contributed by atoms with Crippen LogP contribution in [0.1, 0.15) is 42.1 Å². The Balaban J connectivity index is 1.83. The van der Waals surface area contributed by atoms with Gasteiger partial charge in [-0.05, 0) is 36.6 Å². The van der Waals surface area contributed by atoms with Gasteiger partial charge in [0.25, 0.3) is 5.91 Å². The summed E-state index contributed by atoms with van der Waals surface area (Å²) < 4.78 is 0. The largest absolute Gasteiger partial charge is 0.326 e. The second-order valence-corrected chi connectivity index (χ2v) is 7.19. The summed E-state index contributed by atoms with van der Waals surface area (Å²) in [7, 11) is 1.80. The van der Waals surface area contributed by atoms with Crippen LogP contribution >= 0.6 is 11.8 Å². The molecule has 0 saturated carbocycles. The Kier molecular flexibility index (Phi) is 4.43. The number of fused-ring (bicyclic) bond motifs is 1. The van der Waals surface area contributed by atoms with Crippen LogP contribution in [0.15, 0.2) is 18.2 Å². The monoisotopic (exact) mass is 318 g/mol. The fraction of sp³-hybridized carbons (Fsp3) is 0.529. The van der Waals surface area contributed by atoms with Crippen LogP contribution in [-0.2, 0) is 11.2 Å². The summed E-state index contributed by atoms with van der Waals surface area (Å²) in [6.07, 6.45) is 3.41. The molecule has 3 rings (SSSR count). The molecule has 2 heterocycles. The molecule has 1 aromatic carbocycles. The zero-order chi connectivity index (χ0) is 15.7. The molecule has 0 aromatic heterocycles. The van der Waals surface area contributed by atoms with Crippen LogP contribution in [0.2, 0.25) is 0 Å². The lowest BCUT2D eigenvalue weighted by Crippen LogP contribution is -2.35. The molecule has 1 atom stereocenters. The van der Waals surface area contributed by atoms with Crippen LogP contribution in [-0.4, -0.2) is 41.4 Å². The van der Waals surface area contributed by atoms with E-state index in [9.17, 15) is 9.59 Å². The summed E-state index contributed by atoms with van der Waals surface area (Å²) in [5, 5.41) is 0.317. The standard InChI is InChI=1S/C17H22N2O2S/c1-3-4-16-19(9-10-22-16)17(21)13-5-7-14-12(11-13)6-8-15(20)18(14)2/h5,7,11,16H,3-4,6,8-10H2,1-2H3/t16-/m1/s1. The summed E-state index contributed by atoms with van der Waals surface area (Å²) in [6, 6.07) is 5.76. The van der Waals surface area contributed by atoms with Gasteiger partial charge in [-0.25, -0.2) is 0 Å². The summed E-state index contributed by atoms with van der Waals surface area (Å²) in [6.45, 7) is 3.00. The van der Waals surface area contributed by atoms with E-state index < -0.39 is 0 Å². The number of aryl methyl sites for hydroxylation is 1. The summed E-state index contributed by atoms with van der Waals surface area (Å²) in [4.78, 5) is 28.2. The number of anilines is 1. The van der Waals surface area contributed by atoms with E-state index in [-0.39, 0.29) is 11.8 Å². The molecule has 0 bridgehead atoms. The number of carbonyl (C=O) groups excluding carboxylic acids is 2. The van der Waals surface area contributed by atoms with Crippen molar-refractivity contribution in [1.82, 2.24) is 4.90 Å². The van der Waals surface area contributed by atoms with E-state index in [0.29, 0.717) is 11.8 Å². The summed E-state index contributed by atoms with van der Waals surface area (Å²) in [5.41, 5.74) is 2.80. The highest BCUT2D eigenvalue weighted by Gasteiger charge is 2.30. The number of hydrogen-bond donors (Lipinski definition) is 0. The van der Waals surface area contributed by atoms with Crippen molar-refractivity contribution in [2.45, 2.75) is 38.0 Å². The Morgan fingerprint density at radius 2 is 2.18 bits per heavy atom. The molecular formula is C17H22N2O2S. The third-order valence-electron chi connectivity index (χ3n) is 4.46. The average molecular weight is 318 g/mol. The highest BCUT2D eigenvalue weighted by Crippen LogP contribution is 2.31. The smallest absolute Gasteiger partial charge is 0.254 e. The third kappa shape index (κ3) is 2.74. The highest BCUT2D eigenvalue weighted by molar-refractivity contribution is 8.00. The maximum Gasteiger partial charge on any atom is 0.254 e. The van der Waals surface area contributed by atoms with Gasteiger partial charge in [-0.3, -0.25) is 9.59 Å². The van der Waals surface area contributed by atoms with Crippen molar-refractivity contribution in [1.29, 1.82) is 0 Å². The van der Waals surface area contributed by atoms with Crippen molar-refractivity contribution in [2.24, 2.45) is 0 Å². The molecule has 0 unspecified atom stereocenters. The molecule has 22 heavy (non-hydrogen) atoms. The summed E-state index contributed by atoms with van der Waals surface area (Å²) in [5.74, 6) is 1.30. The van der Waals surface area contributed by atoms with Crippen molar-refractivity contribution < 1.29 is 9.59 Å².